The van der Waals surface area contributed by atoms with Gasteiger partial charge in [-0.05, 0) is 37.1 Å². The van der Waals surface area contributed by atoms with Crippen LogP contribution in [0.3, 0.4) is 0 Å². The fourth-order valence-electron chi connectivity index (χ4n) is 2.79. The summed E-state index contributed by atoms with van der Waals surface area (Å²) in [4.78, 5) is 14.5. The highest BCUT2D eigenvalue weighted by Crippen LogP contribution is 2.30. The number of esters is 1. The second kappa shape index (κ2) is 10.5. The summed E-state index contributed by atoms with van der Waals surface area (Å²) >= 11 is 0. The Morgan fingerprint density at radius 2 is 1.58 bits per heavy atom. The van der Waals surface area contributed by atoms with Gasteiger partial charge in [0.25, 0.3) is 0 Å². The van der Waals surface area contributed by atoms with E-state index in [2.05, 4.69) is 18.7 Å². The van der Waals surface area contributed by atoms with Crippen LogP contribution in [0.5, 0.6) is 11.5 Å². The summed E-state index contributed by atoms with van der Waals surface area (Å²) in [5.74, 6) is 1.18. The molecule has 0 aliphatic rings. The zero-order chi connectivity index (χ0) is 18.8. The van der Waals surface area contributed by atoms with Crippen LogP contribution in [-0.4, -0.2) is 26.2 Å². The minimum Gasteiger partial charge on any atom is -0.465 e. The molecule has 0 amide bonds. The molecule has 0 N–H and O–H groups in total. The molecular formula is C22H29NO3. The van der Waals surface area contributed by atoms with Gasteiger partial charge in [-0.3, -0.25) is 0 Å². The number of para-hydroxylation sites is 1. The number of ether oxygens (including phenoxy) is 2. The predicted molar refractivity (Wildman–Crippen MR) is 106 cm³/mol. The first kappa shape index (κ1) is 19.8. The lowest BCUT2D eigenvalue weighted by Gasteiger charge is -2.27. The number of hydrogen-bond acceptors (Lipinski definition) is 4. The second-order valence-corrected chi connectivity index (χ2v) is 6.28. The van der Waals surface area contributed by atoms with Crippen molar-refractivity contribution in [1.82, 2.24) is 0 Å². The Kier molecular flexibility index (Phi) is 8.00. The molecule has 0 aromatic heterocycles. The molecule has 0 saturated carbocycles. The van der Waals surface area contributed by atoms with E-state index in [1.807, 2.05) is 42.5 Å². The van der Waals surface area contributed by atoms with Crippen LogP contribution < -0.4 is 9.64 Å². The number of carbonyl (C=O) groups is 1. The van der Waals surface area contributed by atoms with Gasteiger partial charge in [-0.2, -0.15) is 0 Å². The predicted octanol–water partition coefficient (Wildman–Crippen LogP) is 5.67. The quantitative estimate of drug-likeness (QED) is 0.515. The molecule has 2 aromatic carbocycles. The van der Waals surface area contributed by atoms with Gasteiger partial charge in [0.1, 0.15) is 11.5 Å². The smallest absolute Gasteiger partial charge is 0.339 e. The lowest BCUT2D eigenvalue weighted by molar-refractivity contribution is 0.0601. The molecule has 0 unspecified atom stereocenters. The van der Waals surface area contributed by atoms with E-state index in [0.29, 0.717) is 5.56 Å². The first-order valence-electron chi connectivity index (χ1n) is 9.39. The Hall–Kier alpha value is -2.49. The molecule has 0 aliphatic carbocycles. The maximum atomic E-state index is 12.3. The van der Waals surface area contributed by atoms with Gasteiger partial charge in [0.05, 0.1) is 18.4 Å². The summed E-state index contributed by atoms with van der Waals surface area (Å²) in [6.45, 7) is 6.17. The molecule has 0 radical (unpaired) electrons. The number of nitrogens with zero attached hydrogens (tertiary/aromatic N) is 1. The van der Waals surface area contributed by atoms with Gasteiger partial charge in [-0.25, -0.2) is 4.79 Å². The van der Waals surface area contributed by atoms with E-state index in [4.69, 9.17) is 9.47 Å². The molecule has 0 heterocycles. The van der Waals surface area contributed by atoms with Crippen LogP contribution >= 0.6 is 0 Å². The van der Waals surface area contributed by atoms with E-state index in [1.165, 1.54) is 7.11 Å². The van der Waals surface area contributed by atoms with Crippen molar-refractivity contribution in [3.63, 3.8) is 0 Å². The summed E-state index contributed by atoms with van der Waals surface area (Å²) in [7, 11) is 1.42. The van der Waals surface area contributed by atoms with Gasteiger partial charge in [0, 0.05) is 19.2 Å². The molecule has 2 rings (SSSR count). The second-order valence-electron chi connectivity index (χ2n) is 6.28. The maximum absolute atomic E-state index is 12.3. The van der Waals surface area contributed by atoms with Crippen molar-refractivity contribution >= 4 is 11.7 Å². The van der Waals surface area contributed by atoms with Gasteiger partial charge in [-0.15, -0.1) is 0 Å². The Morgan fingerprint density at radius 3 is 2.15 bits per heavy atom. The standard InChI is InChI=1S/C22H29NO3/c1-4-6-15-23(16-7-5-2)21-17-19(13-14-20(21)22(24)25-3)26-18-11-9-8-10-12-18/h8-14,17H,4-7,15-16H2,1-3H3. The van der Waals surface area contributed by atoms with Gasteiger partial charge in [0.15, 0.2) is 0 Å². The molecule has 26 heavy (non-hydrogen) atoms. The highest BCUT2D eigenvalue weighted by atomic mass is 16.5. The Morgan fingerprint density at radius 1 is 0.923 bits per heavy atom. The number of hydrogen-bond donors (Lipinski definition) is 0. The van der Waals surface area contributed by atoms with Crippen LogP contribution in [0.15, 0.2) is 48.5 Å². The van der Waals surface area contributed by atoms with Crippen LogP contribution in [-0.2, 0) is 4.74 Å². The molecule has 2 aromatic rings. The van der Waals surface area contributed by atoms with E-state index in [1.54, 1.807) is 6.07 Å². The molecule has 0 fully saturated rings. The van der Waals surface area contributed by atoms with Crippen LogP contribution in [0.2, 0.25) is 0 Å². The third-order valence-electron chi connectivity index (χ3n) is 4.26. The first-order chi connectivity index (χ1) is 12.7. The molecule has 0 atom stereocenters. The van der Waals surface area contributed by atoms with Gasteiger partial charge in [-0.1, -0.05) is 44.9 Å². The van der Waals surface area contributed by atoms with Gasteiger partial charge in [0.2, 0.25) is 0 Å². The van der Waals surface area contributed by atoms with Crippen LogP contribution in [0.4, 0.5) is 5.69 Å². The van der Waals surface area contributed by atoms with Gasteiger partial charge < -0.3 is 14.4 Å². The van der Waals surface area contributed by atoms with Crippen molar-refractivity contribution in [2.24, 2.45) is 0 Å². The lowest BCUT2D eigenvalue weighted by Crippen LogP contribution is -2.27. The van der Waals surface area contributed by atoms with E-state index < -0.39 is 0 Å². The Labute approximate surface area is 156 Å². The number of anilines is 1. The third kappa shape index (κ3) is 5.51. The highest BCUT2D eigenvalue weighted by molar-refractivity contribution is 5.96. The monoisotopic (exact) mass is 355 g/mol. The number of benzene rings is 2. The summed E-state index contributed by atoms with van der Waals surface area (Å²) in [6.07, 6.45) is 4.37. The van der Waals surface area contributed by atoms with Crippen molar-refractivity contribution in [2.45, 2.75) is 39.5 Å². The molecule has 0 saturated heterocycles. The molecule has 140 valence electrons. The average Bonchev–Trinajstić information content (AvgIpc) is 2.68. The molecule has 0 spiro atoms. The van der Waals surface area contributed by atoms with Crippen LogP contribution in [0.1, 0.15) is 49.9 Å². The maximum Gasteiger partial charge on any atom is 0.339 e. The Bertz CT molecular complexity index is 677. The minimum absolute atomic E-state index is 0.316. The molecule has 0 aliphatic heterocycles. The minimum atomic E-state index is -0.316. The SMILES string of the molecule is CCCCN(CCCC)c1cc(Oc2ccccc2)ccc1C(=O)OC. The fourth-order valence-corrected chi connectivity index (χ4v) is 2.79. The van der Waals surface area contributed by atoms with E-state index in [9.17, 15) is 4.79 Å². The van der Waals surface area contributed by atoms with E-state index in [-0.39, 0.29) is 5.97 Å². The first-order valence-corrected chi connectivity index (χ1v) is 9.39. The van der Waals surface area contributed by atoms with E-state index in [0.717, 1.165) is 56.0 Å². The van der Waals surface area contributed by atoms with E-state index >= 15 is 0 Å². The van der Waals surface area contributed by atoms with Crippen LogP contribution in [0.25, 0.3) is 0 Å². The molecule has 4 nitrogen and oxygen atoms in total. The van der Waals surface area contributed by atoms with Crippen molar-refractivity contribution in [2.75, 3.05) is 25.1 Å². The van der Waals surface area contributed by atoms with Crippen molar-refractivity contribution < 1.29 is 14.3 Å². The summed E-state index contributed by atoms with van der Waals surface area (Å²) in [5, 5.41) is 0. The number of methoxy groups -OCH3 is 1. The highest BCUT2D eigenvalue weighted by Gasteiger charge is 2.18. The molecular weight excluding hydrogens is 326 g/mol. The van der Waals surface area contributed by atoms with Crippen LogP contribution in [0, 0.1) is 0 Å². The number of rotatable bonds is 10. The average molecular weight is 355 g/mol. The fraction of sp³-hybridized carbons (Fsp3) is 0.409. The summed E-state index contributed by atoms with van der Waals surface area (Å²) in [6, 6.07) is 15.2. The summed E-state index contributed by atoms with van der Waals surface area (Å²) in [5.41, 5.74) is 1.47. The largest absolute Gasteiger partial charge is 0.465 e. The third-order valence-corrected chi connectivity index (χ3v) is 4.26. The summed E-state index contributed by atoms with van der Waals surface area (Å²) < 4.78 is 11.0. The molecule has 0 bridgehead atoms. The number of carbonyl (C=O) groups excluding carboxylic acids is 1. The number of unbranched alkanes of at least 4 members (excludes halogenated alkanes) is 2. The molecule has 4 heteroatoms. The zero-order valence-electron chi connectivity index (χ0n) is 16.0. The van der Waals surface area contributed by atoms with Crippen molar-refractivity contribution in [3.8, 4) is 11.5 Å². The van der Waals surface area contributed by atoms with Crippen molar-refractivity contribution in [1.29, 1.82) is 0 Å². The zero-order valence-corrected chi connectivity index (χ0v) is 16.0. The topological polar surface area (TPSA) is 38.8 Å². The Balaban J connectivity index is 2.36. The van der Waals surface area contributed by atoms with Crippen molar-refractivity contribution in [3.05, 3.63) is 54.1 Å². The normalized spacial score (nSPS) is 10.4. The van der Waals surface area contributed by atoms with Gasteiger partial charge >= 0.3 is 5.97 Å². The lowest BCUT2D eigenvalue weighted by atomic mass is 10.1.